The molecule has 0 radical (unpaired) electrons. The first-order valence-electron chi connectivity index (χ1n) is 5.54. The first-order chi connectivity index (χ1) is 8.29. The Kier molecular flexibility index (Phi) is 2.15. The fourth-order valence-electron chi connectivity index (χ4n) is 2.18. The Balaban J connectivity index is 2.60. The Bertz CT molecular complexity index is 731. The zero-order valence-electron chi connectivity index (χ0n) is 9.47. The van der Waals surface area contributed by atoms with Gasteiger partial charge in [-0.1, -0.05) is 35.9 Å². The highest BCUT2D eigenvalue weighted by Gasteiger charge is 2.06. The Morgan fingerprint density at radius 3 is 2.53 bits per heavy atom. The van der Waals surface area contributed by atoms with E-state index in [1.54, 1.807) is 0 Å². The number of benzene rings is 2. The van der Waals surface area contributed by atoms with E-state index in [0.717, 1.165) is 28.0 Å². The summed E-state index contributed by atoms with van der Waals surface area (Å²) in [6.45, 7) is 2.06. The van der Waals surface area contributed by atoms with Crippen LogP contribution in [-0.4, -0.2) is 11.3 Å². The highest BCUT2D eigenvalue weighted by atomic mass is 16.1. The zero-order chi connectivity index (χ0) is 11.8. The molecule has 0 aliphatic rings. The Morgan fingerprint density at radius 2 is 1.76 bits per heavy atom. The van der Waals surface area contributed by atoms with Crippen molar-refractivity contribution in [1.82, 2.24) is 4.98 Å². The molecule has 0 N–H and O–H groups in total. The number of hydrogen-bond acceptors (Lipinski definition) is 2. The molecule has 17 heavy (non-hydrogen) atoms. The van der Waals surface area contributed by atoms with Gasteiger partial charge in [0.25, 0.3) is 0 Å². The second kappa shape index (κ2) is 3.67. The number of carbonyl (C=O) groups is 1. The molecule has 3 rings (SSSR count). The summed E-state index contributed by atoms with van der Waals surface area (Å²) < 4.78 is 0. The van der Waals surface area contributed by atoms with Gasteiger partial charge < -0.3 is 0 Å². The molecule has 2 aromatic carbocycles. The van der Waals surface area contributed by atoms with E-state index in [4.69, 9.17) is 0 Å². The molecule has 0 spiro atoms. The predicted octanol–water partition coefficient (Wildman–Crippen LogP) is 3.51. The number of rotatable bonds is 1. The van der Waals surface area contributed by atoms with Crippen molar-refractivity contribution in [2.24, 2.45) is 0 Å². The fourth-order valence-corrected chi connectivity index (χ4v) is 2.18. The minimum atomic E-state index is 0.511. The molecule has 0 amide bonds. The molecule has 0 atom stereocenters. The van der Waals surface area contributed by atoms with E-state index in [1.165, 1.54) is 5.56 Å². The number of aldehydes is 1. The second-order valence-corrected chi connectivity index (χ2v) is 4.18. The van der Waals surface area contributed by atoms with Gasteiger partial charge in [-0.2, -0.15) is 0 Å². The van der Waals surface area contributed by atoms with Gasteiger partial charge in [-0.25, -0.2) is 4.98 Å². The molecule has 1 aromatic heterocycles. The quantitative estimate of drug-likeness (QED) is 0.465. The van der Waals surface area contributed by atoms with Gasteiger partial charge in [-0.05, 0) is 24.4 Å². The summed E-state index contributed by atoms with van der Waals surface area (Å²) in [4.78, 5) is 15.5. The van der Waals surface area contributed by atoms with Crippen LogP contribution in [0.2, 0.25) is 0 Å². The lowest BCUT2D eigenvalue weighted by atomic mass is 10.0. The van der Waals surface area contributed by atoms with Gasteiger partial charge in [0.2, 0.25) is 0 Å². The summed E-state index contributed by atoms with van der Waals surface area (Å²) in [5.74, 6) is 0. The van der Waals surface area contributed by atoms with Crippen molar-refractivity contribution in [2.45, 2.75) is 6.92 Å². The van der Waals surface area contributed by atoms with E-state index < -0.39 is 0 Å². The van der Waals surface area contributed by atoms with Gasteiger partial charge in [0.1, 0.15) is 5.69 Å². The molecular weight excluding hydrogens is 210 g/mol. The van der Waals surface area contributed by atoms with Crippen LogP contribution in [0.3, 0.4) is 0 Å². The average molecular weight is 221 g/mol. The molecule has 3 aromatic rings. The van der Waals surface area contributed by atoms with E-state index >= 15 is 0 Å². The number of hydrogen-bond donors (Lipinski definition) is 0. The molecule has 0 saturated heterocycles. The molecule has 0 bridgehead atoms. The highest BCUT2D eigenvalue weighted by molar-refractivity contribution is 6.10. The van der Waals surface area contributed by atoms with Crippen molar-refractivity contribution >= 4 is 28.0 Å². The van der Waals surface area contributed by atoms with Crippen molar-refractivity contribution in [1.29, 1.82) is 0 Å². The molecule has 2 nitrogen and oxygen atoms in total. The Morgan fingerprint density at radius 1 is 1.00 bits per heavy atom. The third-order valence-electron chi connectivity index (χ3n) is 3.00. The summed E-state index contributed by atoms with van der Waals surface area (Å²) in [7, 11) is 0. The summed E-state index contributed by atoms with van der Waals surface area (Å²) in [5, 5.41) is 3.11. The molecular formula is C15H11NO. The van der Waals surface area contributed by atoms with Gasteiger partial charge in [0.15, 0.2) is 6.29 Å². The van der Waals surface area contributed by atoms with Gasteiger partial charge in [-0.15, -0.1) is 0 Å². The van der Waals surface area contributed by atoms with Crippen LogP contribution in [0.4, 0.5) is 0 Å². The van der Waals surface area contributed by atoms with Crippen LogP contribution >= 0.6 is 0 Å². The van der Waals surface area contributed by atoms with Gasteiger partial charge >= 0.3 is 0 Å². The van der Waals surface area contributed by atoms with Crippen molar-refractivity contribution in [3.05, 3.63) is 53.7 Å². The van der Waals surface area contributed by atoms with Crippen LogP contribution in [0.1, 0.15) is 16.1 Å². The van der Waals surface area contributed by atoms with Crippen LogP contribution in [0.15, 0.2) is 42.5 Å². The molecule has 0 aliphatic carbocycles. The van der Waals surface area contributed by atoms with Gasteiger partial charge in [-0.3, -0.25) is 4.79 Å². The first kappa shape index (κ1) is 9.97. The summed E-state index contributed by atoms with van der Waals surface area (Å²) in [6.07, 6.45) is 0.821. The highest BCUT2D eigenvalue weighted by Crippen LogP contribution is 2.26. The Labute approximate surface area is 98.9 Å². The molecule has 0 aliphatic heterocycles. The largest absolute Gasteiger partial charge is 0.296 e. The van der Waals surface area contributed by atoms with Crippen molar-refractivity contribution in [3.8, 4) is 0 Å². The summed E-state index contributed by atoms with van der Waals surface area (Å²) in [5.41, 5.74) is 2.58. The fraction of sp³-hybridized carbons (Fsp3) is 0.0667. The SMILES string of the molecule is Cc1ccc2nc(C=O)c3ccccc3c2c1. The normalized spacial score (nSPS) is 10.9. The monoisotopic (exact) mass is 221 g/mol. The smallest absolute Gasteiger partial charge is 0.169 e. The van der Waals surface area contributed by atoms with Crippen LogP contribution in [-0.2, 0) is 0 Å². The van der Waals surface area contributed by atoms with Crippen LogP contribution in [0.5, 0.6) is 0 Å². The van der Waals surface area contributed by atoms with Crippen molar-refractivity contribution < 1.29 is 4.79 Å². The molecule has 0 saturated carbocycles. The minimum absolute atomic E-state index is 0.511. The van der Waals surface area contributed by atoms with E-state index in [9.17, 15) is 4.79 Å². The van der Waals surface area contributed by atoms with E-state index in [2.05, 4.69) is 18.0 Å². The minimum Gasteiger partial charge on any atom is -0.296 e. The van der Waals surface area contributed by atoms with Crippen LogP contribution in [0, 0.1) is 6.92 Å². The maximum Gasteiger partial charge on any atom is 0.169 e. The standard InChI is InChI=1S/C15H11NO/c1-10-6-7-14-13(8-10)11-4-2-3-5-12(11)15(9-17)16-14/h2-9H,1H3. The topological polar surface area (TPSA) is 30.0 Å². The molecule has 1 heterocycles. The predicted molar refractivity (Wildman–Crippen MR) is 69.4 cm³/mol. The second-order valence-electron chi connectivity index (χ2n) is 4.18. The Hall–Kier alpha value is -2.22. The molecule has 0 unspecified atom stereocenters. The lowest BCUT2D eigenvalue weighted by Gasteiger charge is -2.06. The lowest BCUT2D eigenvalue weighted by Crippen LogP contribution is -1.91. The van der Waals surface area contributed by atoms with Gasteiger partial charge in [0, 0.05) is 10.8 Å². The summed E-state index contributed by atoms with van der Waals surface area (Å²) >= 11 is 0. The first-order valence-corrected chi connectivity index (χ1v) is 5.54. The van der Waals surface area contributed by atoms with Gasteiger partial charge in [0.05, 0.1) is 5.52 Å². The molecule has 82 valence electrons. The van der Waals surface area contributed by atoms with Crippen molar-refractivity contribution in [3.63, 3.8) is 0 Å². The number of pyridine rings is 1. The van der Waals surface area contributed by atoms with Crippen LogP contribution in [0.25, 0.3) is 21.7 Å². The maximum absolute atomic E-state index is 11.1. The maximum atomic E-state index is 11.1. The van der Waals surface area contributed by atoms with Crippen LogP contribution < -0.4 is 0 Å². The average Bonchev–Trinajstić information content (AvgIpc) is 2.38. The molecule has 0 fully saturated rings. The number of aromatic nitrogens is 1. The van der Waals surface area contributed by atoms with Crippen molar-refractivity contribution in [2.75, 3.05) is 0 Å². The zero-order valence-corrected chi connectivity index (χ0v) is 9.47. The number of fused-ring (bicyclic) bond motifs is 3. The number of carbonyl (C=O) groups excluding carboxylic acids is 1. The third kappa shape index (κ3) is 1.49. The van der Waals surface area contributed by atoms with E-state index in [1.807, 2.05) is 36.4 Å². The van der Waals surface area contributed by atoms with E-state index in [-0.39, 0.29) is 0 Å². The third-order valence-corrected chi connectivity index (χ3v) is 3.00. The lowest BCUT2D eigenvalue weighted by molar-refractivity contribution is 0.112. The number of aryl methyl sites for hydroxylation is 1. The summed E-state index contributed by atoms with van der Waals surface area (Å²) in [6, 6.07) is 14.0. The number of nitrogens with zero attached hydrogens (tertiary/aromatic N) is 1. The molecule has 2 heteroatoms. The van der Waals surface area contributed by atoms with E-state index in [0.29, 0.717) is 5.69 Å².